The van der Waals surface area contributed by atoms with Gasteiger partial charge in [-0.1, -0.05) is 41.9 Å². The van der Waals surface area contributed by atoms with E-state index in [-0.39, 0.29) is 11.4 Å². The fourth-order valence-corrected chi connectivity index (χ4v) is 3.96. The van der Waals surface area contributed by atoms with E-state index in [1.165, 1.54) is 13.2 Å². The van der Waals surface area contributed by atoms with Gasteiger partial charge in [0.25, 0.3) is 0 Å². The van der Waals surface area contributed by atoms with Crippen LogP contribution < -0.4 is 19.1 Å². The second kappa shape index (κ2) is 10.4. The number of amides is 1. The summed E-state index contributed by atoms with van der Waals surface area (Å²) in [6.45, 7) is -0.0148. The molecule has 0 atom stereocenters. The summed E-state index contributed by atoms with van der Waals surface area (Å²) in [6, 6.07) is 21.1. The van der Waals surface area contributed by atoms with Crippen molar-refractivity contribution in [2.45, 2.75) is 6.61 Å². The zero-order valence-electron chi connectivity index (χ0n) is 17.6. The van der Waals surface area contributed by atoms with Gasteiger partial charge in [-0.15, -0.1) is 0 Å². The number of nitrogens with zero attached hydrogens (tertiary/aromatic N) is 1. The summed E-state index contributed by atoms with van der Waals surface area (Å²) in [6.07, 6.45) is 1.01. The van der Waals surface area contributed by atoms with Crippen LogP contribution in [0.1, 0.15) is 5.56 Å². The minimum Gasteiger partial charge on any atom is -0.495 e. The van der Waals surface area contributed by atoms with E-state index in [0.29, 0.717) is 23.1 Å². The third-order valence-corrected chi connectivity index (χ3v) is 5.85. The smallest absolute Gasteiger partial charge is 0.245 e. The molecule has 0 saturated carbocycles. The number of carbonyl (C=O) groups excluding carboxylic acids is 1. The molecule has 0 heterocycles. The Balaban J connectivity index is 1.67. The van der Waals surface area contributed by atoms with E-state index in [1.54, 1.807) is 36.4 Å². The molecular weight excluding hydrogens is 452 g/mol. The average molecular weight is 475 g/mol. The van der Waals surface area contributed by atoms with E-state index in [2.05, 4.69) is 5.32 Å². The lowest BCUT2D eigenvalue weighted by Gasteiger charge is -2.24. The predicted molar refractivity (Wildman–Crippen MR) is 126 cm³/mol. The SMILES string of the molecule is COc1ccc(Cl)cc1N(CC(=O)Nc1ccc(OCc2ccccc2)cc1)S(C)(=O)=O. The van der Waals surface area contributed by atoms with Gasteiger partial charge in [-0.25, -0.2) is 8.42 Å². The normalized spacial score (nSPS) is 11.0. The lowest BCUT2D eigenvalue weighted by molar-refractivity contribution is -0.114. The molecule has 0 aromatic heterocycles. The van der Waals surface area contributed by atoms with Crippen molar-refractivity contribution in [2.24, 2.45) is 0 Å². The molecule has 7 nitrogen and oxygen atoms in total. The van der Waals surface area contributed by atoms with E-state index in [9.17, 15) is 13.2 Å². The van der Waals surface area contributed by atoms with Crippen molar-refractivity contribution in [2.75, 3.05) is 29.5 Å². The van der Waals surface area contributed by atoms with Crippen molar-refractivity contribution in [1.82, 2.24) is 0 Å². The van der Waals surface area contributed by atoms with E-state index < -0.39 is 22.5 Å². The van der Waals surface area contributed by atoms with Gasteiger partial charge in [-0.2, -0.15) is 0 Å². The number of hydrogen-bond donors (Lipinski definition) is 1. The van der Waals surface area contributed by atoms with Crippen LogP contribution in [0.2, 0.25) is 5.02 Å². The summed E-state index contributed by atoms with van der Waals surface area (Å²) in [5.41, 5.74) is 1.73. The molecule has 0 spiro atoms. The maximum Gasteiger partial charge on any atom is 0.245 e. The Kier molecular flexibility index (Phi) is 7.61. The van der Waals surface area contributed by atoms with E-state index in [1.807, 2.05) is 30.3 Å². The van der Waals surface area contributed by atoms with Crippen molar-refractivity contribution < 1.29 is 22.7 Å². The third kappa shape index (κ3) is 6.38. The van der Waals surface area contributed by atoms with E-state index in [4.69, 9.17) is 21.1 Å². The number of nitrogens with one attached hydrogen (secondary N) is 1. The Hall–Kier alpha value is -3.23. The van der Waals surface area contributed by atoms with Crippen molar-refractivity contribution in [3.63, 3.8) is 0 Å². The van der Waals surface area contributed by atoms with Gasteiger partial charge in [0.2, 0.25) is 15.9 Å². The molecule has 0 radical (unpaired) electrons. The topological polar surface area (TPSA) is 84.9 Å². The quantitative estimate of drug-likeness (QED) is 0.499. The first-order chi connectivity index (χ1) is 15.3. The maximum absolute atomic E-state index is 12.6. The Morgan fingerprint density at radius 3 is 2.34 bits per heavy atom. The standard InChI is InChI=1S/C23H23ClN2O5S/c1-30-22-13-8-18(24)14-21(22)26(32(2,28)29)15-23(27)25-19-9-11-20(12-10-19)31-16-17-6-4-3-5-7-17/h3-14H,15-16H2,1-2H3,(H,25,27). The van der Waals surface area contributed by atoms with E-state index in [0.717, 1.165) is 16.1 Å². The summed E-state index contributed by atoms with van der Waals surface area (Å²) >= 11 is 6.02. The average Bonchev–Trinajstić information content (AvgIpc) is 2.77. The number of ether oxygens (including phenoxy) is 2. The number of rotatable bonds is 9. The molecule has 3 aromatic carbocycles. The van der Waals surface area contributed by atoms with Crippen LogP contribution in [0, 0.1) is 0 Å². The highest BCUT2D eigenvalue weighted by Gasteiger charge is 2.24. The number of sulfonamides is 1. The zero-order chi connectivity index (χ0) is 23.1. The summed E-state index contributed by atoms with van der Waals surface area (Å²) in [4.78, 5) is 12.6. The summed E-state index contributed by atoms with van der Waals surface area (Å²) in [7, 11) is -2.37. The maximum atomic E-state index is 12.6. The zero-order valence-corrected chi connectivity index (χ0v) is 19.2. The highest BCUT2D eigenvalue weighted by atomic mass is 35.5. The number of benzene rings is 3. The van der Waals surface area contributed by atoms with Gasteiger partial charge >= 0.3 is 0 Å². The van der Waals surface area contributed by atoms with Gasteiger partial charge in [0.15, 0.2) is 0 Å². The highest BCUT2D eigenvalue weighted by molar-refractivity contribution is 7.92. The summed E-state index contributed by atoms with van der Waals surface area (Å²) in [5.74, 6) is 0.413. The molecule has 3 rings (SSSR count). The van der Waals surface area contributed by atoms with Gasteiger partial charge in [0.05, 0.1) is 19.1 Å². The highest BCUT2D eigenvalue weighted by Crippen LogP contribution is 2.32. The number of carbonyl (C=O) groups is 1. The molecule has 9 heteroatoms. The molecule has 0 aliphatic carbocycles. The van der Waals surface area contributed by atoms with Crippen LogP contribution in [-0.2, 0) is 21.4 Å². The first-order valence-electron chi connectivity index (χ1n) is 9.64. The number of halogens is 1. The summed E-state index contributed by atoms with van der Waals surface area (Å²) in [5, 5.41) is 3.01. The molecule has 1 N–H and O–H groups in total. The van der Waals surface area contributed by atoms with Crippen LogP contribution in [0.4, 0.5) is 11.4 Å². The molecule has 0 aliphatic rings. The van der Waals surface area contributed by atoms with Gasteiger partial charge in [0, 0.05) is 10.7 Å². The molecule has 0 aliphatic heterocycles. The van der Waals surface area contributed by atoms with Crippen LogP contribution >= 0.6 is 11.6 Å². The lowest BCUT2D eigenvalue weighted by atomic mass is 10.2. The van der Waals surface area contributed by atoms with Crippen molar-refractivity contribution in [3.8, 4) is 11.5 Å². The first kappa shape index (κ1) is 23.4. The Labute approximate surface area is 192 Å². The number of hydrogen-bond acceptors (Lipinski definition) is 5. The number of methoxy groups -OCH3 is 1. The Morgan fingerprint density at radius 1 is 1.03 bits per heavy atom. The van der Waals surface area contributed by atoms with Gasteiger partial charge in [-0.3, -0.25) is 9.10 Å². The van der Waals surface area contributed by atoms with Gasteiger partial charge in [-0.05, 0) is 48.0 Å². The van der Waals surface area contributed by atoms with Gasteiger partial charge < -0.3 is 14.8 Å². The van der Waals surface area contributed by atoms with Crippen molar-refractivity contribution in [1.29, 1.82) is 0 Å². The monoisotopic (exact) mass is 474 g/mol. The first-order valence-corrected chi connectivity index (χ1v) is 11.9. The minimum absolute atomic E-state index is 0.183. The Morgan fingerprint density at radius 2 is 1.72 bits per heavy atom. The molecule has 3 aromatic rings. The second-order valence-electron chi connectivity index (χ2n) is 6.93. The van der Waals surface area contributed by atoms with Crippen molar-refractivity contribution in [3.05, 3.63) is 83.4 Å². The lowest BCUT2D eigenvalue weighted by Crippen LogP contribution is -2.37. The van der Waals surface area contributed by atoms with E-state index >= 15 is 0 Å². The van der Waals surface area contributed by atoms with Crippen LogP contribution in [-0.4, -0.2) is 34.2 Å². The molecular formula is C23H23ClN2O5S. The van der Waals surface area contributed by atoms with Crippen LogP contribution in [0.25, 0.3) is 0 Å². The van der Waals surface area contributed by atoms with Crippen LogP contribution in [0.15, 0.2) is 72.8 Å². The molecule has 0 saturated heterocycles. The largest absolute Gasteiger partial charge is 0.495 e. The van der Waals surface area contributed by atoms with Crippen LogP contribution in [0.3, 0.4) is 0 Å². The molecule has 32 heavy (non-hydrogen) atoms. The molecule has 168 valence electrons. The Bertz CT molecular complexity index is 1170. The predicted octanol–water partition coefficient (Wildman–Crippen LogP) is 4.33. The summed E-state index contributed by atoms with van der Waals surface area (Å²) < 4.78 is 36.6. The molecule has 0 bridgehead atoms. The second-order valence-corrected chi connectivity index (χ2v) is 9.28. The number of anilines is 2. The van der Waals surface area contributed by atoms with Crippen molar-refractivity contribution >= 4 is 38.9 Å². The molecule has 0 fully saturated rings. The van der Waals surface area contributed by atoms with Gasteiger partial charge in [0.1, 0.15) is 24.7 Å². The fourth-order valence-electron chi connectivity index (χ4n) is 2.95. The third-order valence-electron chi connectivity index (χ3n) is 4.48. The fraction of sp³-hybridized carbons (Fsp3) is 0.174. The minimum atomic E-state index is -3.78. The molecule has 0 unspecified atom stereocenters. The van der Waals surface area contributed by atoms with Crippen LogP contribution in [0.5, 0.6) is 11.5 Å². The molecule has 1 amide bonds.